The third-order valence-electron chi connectivity index (χ3n) is 6.34. The van der Waals surface area contributed by atoms with Crippen molar-refractivity contribution in [1.82, 2.24) is 14.4 Å². The second kappa shape index (κ2) is 8.90. The van der Waals surface area contributed by atoms with Crippen LogP contribution in [0.1, 0.15) is 32.1 Å². The average molecular weight is 416 g/mol. The molecule has 1 amide bonds. The molecule has 4 rings (SSSR count). The van der Waals surface area contributed by atoms with Gasteiger partial charge in [0.15, 0.2) is 5.78 Å². The predicted octanol–water partition coefficient (Wildman–Crippen LogP) is 3.95. The Bertz CT molecular complexity index is 1080. The first kappa shape index (κ1) is 21.1. The molecule has 2 heterocycles. The van der Waals surface area contributed by atoms with E-state index in [0.717, 1.165) is 28.1 Å². The minimum absolute atomic E-state index is 0.0557. The van der Waals surface area contributed by atoms with Crippen LogP contribution in [0.5, 0.6) is 0 Å². The number of amides is 1. The van der Waals surface area contributed by atoms with Crippen LogP contribution in [-0.2, 0) is 7.05 Å². The van der Waals surface area contributed by atoms with Gasteiger partial charge < -0.3 is 9.47 Å². The summed E-state index contributed by atoms with van der Waals surface area (Å²) in [7, 11) is 1.98. The smallest absolute Gasteiger partial charge is 0.253 e. The van der Waals surface area contributed by atoms with Gasteiger partial charge in [-0.05, 0) is 43.2 Å². The molecule has 0 N–H and O–H groups in total. The van der Waals surface area contributed by atoms with Crippen LogP contribution in [0.25, 0.3) is 11.1 Å². The van der Waals surface area contributed by atoms with Crippen molar-refractivity contribution < 1.29 is 9.59 Å². The van der Waals surface area contributed by atoms with Gasteiger partial charge in [-0.1, -0.05) is 42.5 Å². The first-order valence-corrected chi connectivity index (χ1v) is 10.8. The largest absolute Gasteiger partial charge is 0.351 e. The van der Waals surface area contributed by atoms with E-state index in [1.165, 1.54) is 0 Å². The third kappa shape index (κ3) is 4.47. The fourth-order valence-corrected chi connectivity index (χ4v) is 4.15. The van der Waals surface area contributed by atoms with E-state index >= 15 is 0 Å². The molecular weight excluding hydrogens is 386 g/mol. The van der Waals surface area contributed by atoms with E-state index in [2.05, 4.69) is 17.0 Å². The monoisotopic (exact) mass is 415 g/mol. The van der Waals surface area contributed by atoms with E-state index in [0.29, 0.717) is 38.3 Å². The number of benzene rings is 2. The molecule has 31 heavy (non-hydrogen) atoms. The Labute approximate surface area is 183 Å². The molecule has 0 aliphatic carbocycles. The highest BCUT2D eigenvalue weighted by molar-refractivity contribution is 5.99. The number of piperazine rings is 1. The van der Waals surface area contributed by atoms with Gasteiger partial charge in [-0.25, -0.2) is 0 Å². The first-order chi connectivity index (χ1) is 14.9. The number of ketones is 1. The molecule has 0 radical (unpaired) electrons. The van der Waals surface area contributed by atoms with Gasteiger partial charge in [0.2, 0.25) is 0 Å². The lowest BCUT2D eigenvalue weighted by Crippen LogP contribution is -2.49. The Morgan fingerprint density at radius 1 is 0.839 bits per heavy atom. The van der Waals surface area contributed by atoms with Crippen molar-refractivity contribution in [3.8, 4) is 11.1 Å². The summed E-state index contributed by atoms with van der Waals surface area (Å²) >= 11 is 0. The van der Waals surface area contributed by atoms with Crippen LogP contribution in [0.2, 0.25) is 0 Å². The van der Waals surface area contributed by atoms with Gasteiger partial charge in [0, 0.05) is 55.7 Å². The minimum Gasteiger partial charge on any atom is -0.351 e. The van der Waals surface area contributed by atoms with Crippen LogP contribution in [0.4, 0.5) is 0 Å². The number of carbonyl (C=O) groups is 2. The van der Waals surface area contributed by atoms with E-state index in [1.54, 1.807) is 0 Å². The highest BCUT2D eigenvalue weighted by Crippen LogP contribution is 2.20. The maximum absolute atomic E-state index is 12.9. The standard InChI is InChI=1S/C26H29N3O2/c1-19-17-24(20(2)27(19)3)25(30)18-28-13-15-29(16-14-28)26(31)23-11-9-22(10-12-23)21-7-5-4-6-8-21/h4-12,17H,13-16,18H2,1-3H3. The summed E-state index contributed by atoms with van der Waals surface area (Å²) in [6.07, 6.45) is 0. The maximum atomic E-state index is 12.9. The molecule has 5 nitrogen and oxygen atoms in total. The van der Waals surface area contributed by atoms with Crippen molar-refractivity contribution in [3.05, 3.63) is 83.2 Å². The van der Waals surface area contributed by atoms with Crippen molar-refractivity contribution >= 4 is 11.7 Å². The summed E-state index contributed by atoms with van der Waals surface area (Å²) in [5.41, 5.74) is 5.86. The van der Waals surface area contributed by atoms with Gasteiger partial charge in [0.25, 0.3) is 5.91 Å². The zero-order valence-electron chi connectivity index (χ0n) is 18.5. The molecule has 160 valence electrons. The molecule has 0 bridgehead atoms. The Kier molecular flexibility index (Phi) is 6.05. The van der Waals surface area contributed by atoms with E-state index in [1.807, 2.05) is 78.9 Å². The number of aryl methyl sites for hydroxylation is 1. The molecule has 2 aromatic carbocycles. The van der Waals surface area contributed by atoms with Crippen molar-refractivity contribution in [2.75, 3.05) is 32.7 Å². The molecule has 1 aliphatic rings. The zero-order valence-corrected chi connectivity index (χ0v) is 18.5. The number of carbonyl (C=O) groups excluding carboxylic acids is 2. The van der Waals surface area contributed by atoms with Crippen LogP contribution in [0, 0.1) is 13.8 Å². The van der Waals surface area contributed by atoms with Crippen LogP contribution in [-0.4, -0.2) is 58.8 Å². The summed E-state index contributed by atoms with van der Waals surface area (Å²) in [6.45, 7) is 7.10. The van der Waals surface area contributed by atoms with Gasteiger partial charge >= 0.3 is 0 Å². The van der Waals surface area contributed by atoms with Crippen LogP contribution in [0.3, 0.4) is 0 Å². The van der Waals surface area contributed by atoms with Crippen LogP contribution in [0.15, 0.2) is 60.7 Å². The van der Waals surface area contributed by atoms with Crippen molar-refractivity contribution in [1.29, 1.82) is 0 Å². The lowest BCUT2D eigenvalue weighted by Gasteiger charge is -2.34. The lowest BCUT2D eigenvalue weighted by molar-refractivity contribution is 0.0624. The van der Waals surface area contributed by atoms with E-state index < -0.39 is 0 Å². The molecule has 1 saturated heterocycles. The molecule has 0 atom stereocenters. The van der Waals surface area contributed by atoms with Gasteiger partial charge in [-0.3, -0.25) is 14.5 Å². The minimum atomic E-state index is 0.0557. The third-order valence-corrected chi connectivity index (χ3v) is 6.34. The SMILES string of the molecule is Cc1cc(C(=O)CN2CCN(C(=O)c3ccc(-c4ccccc4)cc3)CC2)c(C)n1C. The molecule has 0 saturated carbocycles. The number of Topliss-reactive ketones (excluding diaryl/α,β-unsaturated/α-hetero) is 1. The number of nitrogens with zero attached hydrogens (tertiary/aromatic N) is 3. The Balaban J connectivity index is 1.33. The number of hydrogen-bond acceptors (Lipinski definition) is 3. The quantitative estimate of drug-likeness (QED) is 0.593. The summed E-state index contributed by atoms with van der Waals surface area (Å²) in [5, 5.41) is 0. The van der Waals surface area contributed by atoms with Gasteiger partial charge in [0.05, 0.1) is 6.54 Å². The number of rotatable bonds is 5. The second-order valence-electron chi connectivity index (χ2n) is 8.28. The Hall–Kier alpha value is -3.18. The van der Waals surface area contributed by atoms with E-state index in [9.17, 15) is 9.59 Å². The molecule has 5 heteroatoms. The van der Waals surface area contributed by atoms with Crippen molar-refractivity contribution in [2.24, 2.45) is 7.05 Å². The highest BCUT2D eigenvalue weighted by Gasteiger charge is 2.24. The van der Waals surface area contributed by atoms with Gasteiger partial charge in [-0.2, -0.15) is 0 Å². The summed E-state index contributed by atoms with van der Waals surface area (Å²) < 4.78 is 2.05. The van der Waals surface area contributed by atoms with Gasteiger partial charge in [-0.15, -0.1) is 0 Å². The Morgan fingerprint density at radius 3 is 2.03 bits per heavy atom. The Morgan fingerprint density at radius 2 is 1.45 bits per heavy atom. The predicted molar refractivity (Wildman–Crippen MR) is 123 cm³/mol. The first-order valence-electron chi connectivity index (χ1n) is 10.8. The molecular formula is C26H29N3O2. The number of aromatic nitrogens is 1. The maximum Gasteiger partial charge on any atom is 0.253 e. The summed E-state index contributed by atoms with van der Waals surface area (Å²) in [6, 6.07) is 19.9. The fraction of sp³-hybridized carbons (Fsp3) is 0.308. The molecule has 3 aromatic rings. The summed E-state index contributed by atoms with van der Waals surface area (Å²) in [5.74, 6) is 0.206. The van der Waals surface area contributed by atoms with Crippen molar-refractivity contribution in [3.63, 3.8) is 0 Å². The normalized spacial score (nSPS) is 14.6. The fourth-order valence-electron chi connectivity index (χ4n) is 4.15. The molecule has 0 unspecified atom stereocenters. The van der Waals surface area contributed by atoms with E-state index in [4.69, 9.17) is 0 Å². The average Bonchev–Trinajstić information content (AvgIpc) is 3.07. The molecule has 1 aromatic heterocycles. The van der Waals surface area contributed by atoms with Crippen LogP contribution < -0.4 is 0 Å². The topological polar surface area (TPSA) is 45.6 Å². The highest BCUT2D eigenvalue weighted by atomic mass is 16.2. The molecule has 1 aliphatic heterocycles. The lowest BCUT2D eigenvalue weighted by atomic mass is 10.0. The molecule has 0 spiro atoms. The molecule has 1 fully saturated rings. The van der Waals surface area contributed by atoms with Gasteiger partial charge in [0.1, 0.15) is 0 Å². The zero-order chi connectivity index (χ0) is 22.0. The summed E-state index contributed by atoms with van der Waals surface area (Å²) in [4.78, 5) is 29.7. The van der Waals surface area contributed by atoms with Crippen molar-refractivity contribution in [2.45, 2.75) is 13.8 Å². The van der Waals surface area contributed by atoms with E-state index in [-0.39, 0.29) is 11.7 Å². The number of hydrogen-bond donors (Lipinski definition) is 0. The second-order valence-corrected chi connectivity index (χ2v) is 8.28. The van der Waals surface area contributed by atoms with Crippen LogP contribution >= 0.6 is 0 Å².